The summed E-state index contributed by atoms with van der Waals surface area (Å²) in [6.45, 7) is 4.91. The van der Waals surface area contributed by atoms with Crippen molar-refractivity contribution >= 4 is 49.8 Å². The van der Waals surface area contributed by atoms with Crippen LogP contribution in [0.3, 0.4) is 0 Å². The van der Waals surface area contributed by atoms with Gasteiger partial charge in [-0.15, -0.1) is 0 Å². The molecule has 0 bridgehead atoms. The minimum atomic E-state index is -1.43. The zero-order valence-electron chi connectivity index (χ0n) is 14.0. The summed E-state index contributed by atoms with van der Waals surface area (Å²) in [5, 5.41) is 4.20. The number of nitrogens with two attached hydrogens (primary N) is 2. The van der Waals surface area contributed by atoms with E-state index in [0.717, 1.165) is 4.90 Å². The van der Waals surface area contributed by atoms with Gasteiger partial charge in [-0.1, -0.05) is 0 Å². The van der Waals surface area contributed by atoms with Crippen LogP contribution in [0.4, 0.5) is 4.79 Å². The van der Waals surface area contributed by atoms with Crippen molar-refractivity contribution in [2.45, 2.75) is 44.4 Å². The minimum absolute atomic E-state index is 0.0936. The van der Waals surface area contributed by atoms with Gasteiger partial charge in [0.1, 0.15) is 20.8 Å². The summed E-state index contributed by atoms with van der Waals surface area (Å²) in [4.78, 5) is 37.8. The number of hydrogen-bond donors (Lipinski definition) is 2. The first-order valence-electron chi connectivity index (χ1n) is 7.38. The van der Waals surface area contributed by atoms with E-state index in [0.29, 0.717) is 9.21 Å². The molecule has 0 aromatic carbocycles. The number of halogens is 2. The number of ether oxygens (including phenoxy) is 1. The van der Waals surface area contributed by atoms with Gasteiger partial charge in [0.25, 0.3) is 0 Å². The Morgan fingerprint density at radius 3 is 2.32 bits per heavy atom. The van der Waals surface area contributed by atoms with E-state index in [-0.39, 0.29) is 13.0 Å². The molecule has 1 aliphatic heterocycles. The maximum absolute atomic E-state index is 12.5. The van der Waals surface area contributed by atoms with Crippen molar-refractivity contribution in [1.29, 1.82) is 0 Å². The van der Waals surface area contributed by atoms with Crippen LogP contribution < -0.4 is 11.5 Å². The molecule has 1 saturated heterocycles. The van der Waals surface area contributed by atoms with Crippen LogP contribution in [0.25, 0.3) is 0 Å². The lowest BCUT2D eigenvalue weighted by Gasteiger charge is -2.29. The number of hydrogen-bond acceptors (Lipinski definition) is 5. The highest BCUT2D eigenvalue weighted by molar-refractivity contribution is 9.11. The van der Waals surface area contributed by atoms with Crippen LogP contribution in [0.5, 0.6) is 0 Å². The summed E-state index contributed by atoms with van der Waals surface area (Å²) in [5.74, 6) is -1.49. The van der Waals surface area contributed by atoms with Crippen molar-refractivity contribution in [3.05, 3.63) is 15.3 Å². The minimum Gasteiger partial charge on any atom is -0.444 e. The molecule has 2 heterocycles. The molecule has 4 N–H and O–H groups in total. The average Bonchev–Trinajstić information content (AvgIpc) is 2.98. The molecule has 2 atom stereocenters. The molecule has 1 aliphatic rings. The highest BCUT2D eigenvalue weighted by atomic mass is 79.9. The van der Waals surface area contributed by atoms with E-state index in [1.165, 1.54) is 4.68 Å². The van der Waals surface area contributed by atoms with E-state index < -0.39 is 35.1 Å². The van der Waals surface area contributed by atoms with Gasteiger partial charge in [-0.3, -0.25) is 14.5 Å². The number of carbonyl (C=O) groups is 3. The summed E-state index contributed by atoms with van der Waals surface area (Å²) in [6.07, 6.45) is -0.842. The van der Waals surface area contributed by atoms with Crippen LogP contribution in [-0.2, 0) is 19.9 Å². The monoisotopic (exact) mass is 479 g/mol. The second kappa shape index (κ2) is 6.60. The molecule has 1 fully saturated rings. The second-order valence-electron chi connectivity index (χ2n) is 6.83. The van der Waals surface area contributed by atoms with Gasteiger partial charge in [-0.25, -0.2) is 9.48 Å². The smallest absolute Gasteiger partial charge is 0.411 e. The van der Waals surface area contributed by atoms with E-state index >= 15 is 0 Å². The lowest BCUT2D eigenvalue weighted by molar-refractivity contribution is -0.126. The SMILES string of the molecule is CC(C)(C)OC(=O)N1CC(C(N)=O)(n2nc(Br)cc2Br)C[C@H]1C(N)=O. The fraction of sp³-hybridized carbons (Fsp3) is 0.571. The molecule has 2 rings (SSSR count). The quantitative estimate of drug-likeness (QED) is 0.667. The van der Waals surface area contributed by atoms with Crippen LogP contribution >= 0.6 is 31.9 Å². The largest absolute Gasteiger partial charge is 0.444 e. The standard InChI is InChI=1S/C14H19Br2N5O4/c1-13(2,3)25-12(24)20-6-14(11(18)23,5-7(20)10(17)22)21-9(16)4-8(15)19-21/h4,7H,5-6H2,1-3H3,(H2,17,22)(H2,18,23)/t7-,14?/m0/s1. The molecular weight excluding hydrogens is 462 g/mol. The van der Waals surface area contributed by atoms with Gasteiger partial charge in [0.15, 0.2) is 5.54 Å². The van der Waals surface area contributed by atoms with Crippen molar-refractivity contribution in [3.8, 4) is 0 Å². The summed E-state index contributed by atoms with van der Waals surface area (Å²) < 4.78 is 7.60. The number of nitrogens with zero attached hydrogens (tertiary/aromatic N) is 3. The maximum atomic E-state index is 12.5. The molecule has 0 aliphatic carbocycles. The Balaban J connectivity index is 2.48. The van der Waals surface area contributed by atoms with Gasteiger partial charge in [-0.2, -0.15) is 5.10 Å². The normalized spacial score (nSPS) is 23.6. The zero-order valence-corrected chi connectivity index (χ0v) is 17.1. The molecule has 1 aromatic rings. The lowest BCUT2D eigenvalue weighted by atomic mass is 9.95. The van der Waals surface area contributed by atoms with Crippen LogP contribution in [0, 0.1) is 0 Å². The van der Waals surface area contributed by atoms with Crippen molar-refractivity contribution < 1.29 is 19.1 Å². The van der Waals surface area contributed by atoms with E-state index in [1.807, 2.05) is 0 Å². The first kappa shape index (κ1) is 19.7. The van der Waals surface area contributed by atoms with E-state index in [4.69, 9.17) is 16.2 Å². The molecule has 1 aromatic heterocycles. The van der Waals surface area contributed by atoms with E-state index in [2.05, 4.69) is 37.0 Å². The predicted molar refractivity (Wildman–Crippen MR) is 95.3 cm³/mol. The highest BCUT2D eigenvalue weighted by Crippen LogP contribution is 2.37. The van der Waals surface area contributed by atoms with Crippen molar-refractivity contribution in [2.24, 2.45) is 11.5 Å². The van der Waals surface area contributed by atoms with Gasteiger partial charge >= 0.3 is 6.09 Å². The fourth-order valence-corrected chi connectivity index (χ4v) is 4.04. The Labute approximate surface area is 161 Å². The third-order valence-corrected chi connectivity index (χ3v) is 4.75. The average molecular weight is 481 g/mol. The molecule has 1 unspecified atom stereocenters. The molecule has 11 heteroatoms. The van der Waals surface area contributed by atoms with Crippen LogP contribution in [0.15, 0.2) is 15.3 Å². The van der Waals surface area contributed by atoms with Gasteiger partial charge < -0.3 is 16.2 Å². The second-order valence-corrected chi connectivity index (χ2v) is 8.45. The number of primary amides is 2. The zero-order chi connectivity index (χ0) is 19.2. The summed E-state index contributed by atoms with van der Waals surface area (Å²) in [6, 6.07) is 0.581. The Kier molecular flexibility index (Phi) is 5.20. The molecule has 0 spiro atoms. The number of likely N-dealkylation sites (tertiary alicyclic amines) is 1. The Morgan fingerprint density at radius 1 is 1.32 bits per heavy atom. The number of carbonyl (C=O) groups excluding carboxylic acids is 3. The Bertz CT molecular complexity index is 729. The van der Waals surface area contributed by atoms with Crippen LogP contribution in [0.2, 0.25) is 0 Å². The topological polar surface area (TPSA) is 134 Å². The fourth-order valence-electron chi connectivity index (χ4n) is 2.72. The summed E-state index contributed by atoms with van der Waals surface area (Å²) in [7, 11) is 0. The van der Waals surface area contributed by atoms with Crippen molar-refractivity contribution in [1.82, 2.24) is 14.7 Å². The number of amides is 3. The predicted octanol–water partition coefficient (Wildman–Crippen LogP) is 1.08. The molecule has 25 heavy (non-hydrogen) atoms. The van der Waals surface area contributed by atoms with Gasteiger partial charge in [0.05, 0.1) is 6.54 Å². The Hall–Kier alpha value is -1.62. The lowest BCUT2D eigenvalue weighted by Crippen LogP contribution is -2.50. The number of aromatic nitrogens is 2. The first-order valence-corrected chi connectivity index (χ1v) is 8.96. The maximum Gasteiger partial charge on any atom is 0.411 e. The third-order valence-electron chi connectivity index (χ3n) is 3.80. The molecule has 0 saturated carbocycles. The van der Waals surface area contributed by atoms with Crippen LogP contribution in [-0.4, -0.2) is 50.8 Å². The van der Waals surface area contributed by atoms with Crippen molar-refractivity contribution in [3.63, 3.8) is 0 Å². The van der Waals surface area contributed by atoms with Gasteiger partial charge in [0, 0.05) is 12.5 Å². The summed E-state index contributed by atoms with van der Waals surface area (Å²) >= 11 is 6.53. The van der Waals surface area contributed by atoms with Gasteiger partial charge in [-0.05, 0) is 52.6 Å². The van der Waals surface area contributed by atoms with Crippen molar-refractivity contribution in [2.75, 3.05) is 6.54 Å². The van der Waals surface area contributed by atoms with E-state index in [1.54, 1.807) is 26.8 Å². The summed E-state index contributed by atoms with van der Waals surface area (Å²) in [5.41, 5.74) is 8.87. The molecule has 138 valence electrons. The molecular formula is C14H19Br2N5O4. The Morgan fingerprint density at radius 2 is 1.92 bits per heavy atom. The molecule has 0 radical (unpaired) electrons. The van der Waals surface area contributed by atoms with Crippen LogP contribution in [0.1, 0.15) is 27.2 Å². The molecule has 3 amide bonds. The first-order chi connectivity index (χ1) is 11.4. The van der Waals surface area contributed by atoms with E-state index in [9.17, 15) is 14.4 Å². The third kappa shape index (κ3) is 3.81. The number of rotatable bonds is 3. The highest BCUT2D eigenvalue weighted by Gasteiger charge is 2.55. The van der Waals surface area contributed by atoms with Gasteiger partial charge in [0.2, 0.25) is 11.8 Å². The molecule has 9 nitrogen and oxygen atoms in total.